The largest absolute Gasteiger partial charge is 0.324 e. The van der Waals surface area contributed by atoms with E-state index in [1.165, 1.54) is 12.1 Å². The van der Waals surface area contributed by atoms with Crippen LogP contribution in [0, 0.1) is 5.82 Å². The Labute approximate surface area is 125 Å². The molecule has 2 N–H and O–H groups in total. The summed E-state index contributed by atoms with van der Waals surface area (Å²) in [7, 11) is 2.08. The third-order valence-corrected chi connectivity index (χ3v) is 3.60. The minimum absolute atomic E-state index is 0.0529. The molecule has 1 aromatic heterocycles. The Morgan fingerprint density at radius 1 is 1.14 bits per heavy atom. The molecular formula is C17H22FN3. The molecule has 0 spiro atoms. The molecule has 0 aliphatic carbocycles. The summed E-state index contributed by atoms with van der Waals surface area (Å²) < 4.78 is 12.9. The highest BCUT2D eigenvalue weighted by molar-refractivity contribution is 5.19. The number of halogens is 1. The molecule has 0 amide bonds. The highest BCUT2D eigenvalue weighted by Gasteiger charge is 2.08. The van der Waals surface area contributed by atoms with Crippen LogP contribution in [0.3, 0.4) is 0 Å². The monoisotopic (exact) mass is 287 g/mol. The average Bonchev–Trinajstić information content (AvgIpc) is 2.52. The first-order chi connectivity index (χ1) is 10.1. The van der Waals surface area contributed by atoms with E-state index in [0.717, 1.165) is 37.2 Å². The molecule has 0 saturated heterocycles. The summed E-state index contributed by atoms with van der Waals surface area (Å²) in [4.78, 5) is 6.56. The van der Waals surface area contributed by atoms with Gasteiger partial charge in [-0.3, -0.25) is 4.98 Å². The number of likely N-dealkylation sites (N-methyl/N-ethyl adjacent to an activating group) is 1. The molecule has 1 atom stereocenters. The molecule has 1 heterocycles. The van der Waals surface area contributed by atoms with E-state index in [9.17, 15) is 4.39 Å². The van der Waals surface area contributed by atoms with Crippen molar-refractivity contribution >= 4 is 0 Å². The van der Waals surface area contributed by atoms with Gasteiger partial charge in [0, 0.05) is 30.9 Å². The predicted octanol–water partition coefficient (Wildman–Crippen LogP) is 2.79. The van der Waals surface area contributed by atoms with Gasteiger partial charge in [0.2, 0.25) is 0 Å². The van der Waals surface area contributed by atoms with Crippen molar-refractivity contribution in [2.24, 2.45) is 5.73 Å². The van der Waals surface area contributed by atoms with Gasteiger partial charge < -0.3 is 10.6 Å². The molecule has 1 unspecified atom stereocenters. The van der Waals surface area contributed by atoms with E-state index in [0.29, 0.717) is 0 Å². The SMILES string of the molecule is CN(CCc1ccccn1)CCC(N)c1ccc(F)cc1. The molecule has 3 nitrogen and oxygen atoms in total. The summed E-state index contributed by atoms with van der Waals surface area (Å²) in [5, 5.41) is 0. The topological polar surface area (TPSA) is 42.2 Å². The Kier molecular flexibility index (Phi) is 5.84. The maximum atomic E-state index is 12.9. The van der Waals surface area contributed by atoms with Crippen LogP contribution in [-0.4, -0.2) is 30.0 Å². The smallest absolute Gasteiger partial charge is 0.123 e. The lowest BCUT2D eigenvalue weighted by Gasteiger charge is -2.19. The van der Waals surface area contributed by atoms with E-state index in [4.69, 9.17) is 5.73 Å². The quantitative estimate of drug-likeness (QED) is 0.851. The fourth-order valence-corrected chi connectivity index (χ4v) is 2.20. The fraction of sp³-hybridized carbons (Fsp3) is 0.353. The maximum Gasteiger partial charge on any atom is 0.123 e. The number of benzene rings is 1. The van der Waals surface area contributed by atoms with Gasteiger partial charge in [-0.05, 0) is 49.8 Å². The average molecular weight is 287 g/mol. The van der Waals surface area contributed by atoms with Gasteiger partial charge in [0.25, 0.3) is 0 Å². The van der Waals surface area contributed by atoms with E-state index in [-0.39, 0.29) is 11.9 Å². The second-order valence-electron chi connectivity index (χ2n) is 5.32. The van der Waals surface area contributed by atoms with Gasteiger partial charge in [-0.25, -0.2) is 4.39 Å². The van der Waals surface area contributed by atoms with Crippen LogP contribution in [0.5, 0.6) is 0 Å². The first kappa shape index (κ1) is 15.6. The molecule has 0 radical (unpaired) electrons. The maximum absolute atomic E-state index is 12.9. The van der Waals surface area contributed by atoms with Gasteiger partial charge in [0.15, 0.2) is 0 Å². The Morgan fingerprint density at radius 3 is 2.57 bits per heavy atom. The third kappa shape index (κ3) is 5.25. The predicted molar refractivity (Wildman–Crippen MR) is 83.4 cm³/mol. The van der Waals surface area contributed by atoms with Crippen LogP contribution in [0.15, 0.2) is 48.7 Å². The normalized spacial score (nSPS) is 12.6. The summed E-state index contributed by atoms with van der Waals surface area (Å²) >= 11 is 0. The van der Waals surface area contributed by atoms with Crippen LogP contribution >= 0.6 is 0 Å². The number of pyridine rings is 1. The van der Waals surface area contributed by atoms with Gasteiger partial charge in [-0.15, -0.1) is 0 Å². The van der Waals surface area contributed by atoms with Crippen LogP contribution in [0.4, 0.5) is 4.39 Å². The minimum atomic E-state index is -0.224. The second-order valence-corrected chi connectivity index (χ2v) is 5.32. The highest BCUT2D eigenvalue weighted by Crippen LogP contribution is 2.14. The zero-order chi connectivity index (χ0) is 15.1. The van der Waals surface area contributed by atoms with Crippen LogP contribution in [0.1, 0.15) is 23.7 Å². The molecule has 0 fully saturated rings. The first-order valence-electron chi connectivity index (χ1n) is 7.24. The lowest BCUT2D eigenvalue weighted by molar-refractivity contribution is 0.321. The van der Waals surface area contributed by atoms with E-state index in [1.54, 1.807) is 12.1 Å². The van der Waals surface area contributed by atoms with Crippen molar-refractivity contribution in [1.29, 1.82) is 0 Å². The summed E-state index contributed by atoms with van der Waals surface area (Å²) in [5.74, 6) is -0.224. The van der Waals surface area contributed by atoms with E-state index in [2.05, 4.69) is 16.9 Å². The molecular weight excluding hydrogens is 265 g/mol. The molecule has 4 heteroatoms. The Hall–Kier alpha value is -1.78. The zero-order valence-electron chi connectivity index (χ0n) is 12.4. The molecule has 21 heavy (non-hydrogen) atoms. The van der Waals surface area contributed by atoms with Crippen molar-refractivity contribution < 1.29 is 4.39 Å². The molecule has 1 aromatic carbocycles. The first-order valence-corrected chi connectivity index (χ1v) is 7.24. The fourth-order valence-electron chi connectivity index (χ4n) is 2.20. The summed E-state index contributed by atoms with van der Waals surface area (Å²) in [6.45, 7) is 1.86. The summed E-state index contributed by atoms with van der Waals surface area (Å²) in [6.07, 6.45) is 3.60. The van der Waals surface area contributed by atoms with E-state index in [1.807, 2.05) is 24.4 Å². The molecule has 0 aliphatic heterocycles. The summed E-state index contributed by atoms with van der Waals surface area (Å²) in [5.41, 5.74) is 8.22. The van der Waals surface area contributed by atoms with Crippen molar-refractivity contribution in [2.75, 3.05) is 20.1 Å². The molecule has 112 valence electrons. The molecule has 0 saturated carbocycles. The van der Waals surface area contributed by atoms with E-state index < -0.39 is 0 Å². The van der Waals surface area contributed by atoms with Crippen LogP contribution in [-0.2, 0) is 6.42 Å². The van der Waals surface area contributed by atoms with E-state index >= 15 is 0 Å². The van der Waals surface area contributed by atoms with Gasteiger partial charge in [0.05, 0.1) is 0 Å². The zero-order valence-corrected chi connectivity index (χ0v) is 12.4. The van der Waals surface area contributed by atoms with Crippen molar-refractivity contribution in [3.63, 3.8) is 0 Å². The van der Waals surface area contributed by atoms with Crippen molar-refractivity contribution in [3.05, 3.63) is 65.7 Å². The van der Waals surface area contributed by atoms with Crippen molar-refractivity contribution in [2.45, 2.75) is 18.9 Å². The highest BCUT2D eigenvalue weighted by atomic mass is 19.1. The number of nitrogens with zero attached hydrogens (tertiary/aromatic N) is 2. The molecule has 2 rings (SSSR count). The van der Waals surface area contributed by atoms with Crippen LogP contribution in [0.25, 0.3) is 0 Å². The van der Waals surface area contributed by atoms with Crippen LogP contribution in [0.2, 0.25) is 0 Å². The summed E-state index contributed by atoms with van der Waals surface area (Å²) in [6, 6.07) is 12.4. The number of aromatic nitrogens is 1. The Morgan fingerprint density at radius 2 is 1.90 bits per heavy atom. The van der Waals surface area contributed by atoms with Crippen molar-refractivity contribution in [1.82, 2.24) is 9.88 Å². The van der Waals surface area contributed by atoms with Gasteiger partial charge in [-0.1, -0.05) is 18.2 Å². The number of rotatable bonds is 7. The second kappa shape index (κ2) is 7.86. The van der Waals surface area contributed by atoms with Gasteiger partial charge in [-0.2, -0.15) is 0 Å². The van der Waals surface area contributed by atoms with Crippen molar-refractivity contribution in [3.8, 4) is 0 Å². The minimum Gasteiger partial charge on any atom is -0.324 e. The lowest BCUT2D eigenvalue weighted by Crippen LogP contribution is -2.26. The van der Waals surface area contributed by atoms with Gasteiger partial charge >= 0.3 is 0 Å². The third-order valence-electron chi connectivity index (χ3n) is 3.60. The Balaban J connectivity index is 1.73. The van der Waals surface area contributed by atoms with Gasteiger partial charge in [0.1, 0.15) is 5.82 Å². The molecule has 2 aromatic rings. The molecule has 0 bridgehead atoms. The number of nitrogens with two attached hydrogens (primary N) is 1. The lowest BCUT2D eigenvalue weighted by atomic mass is 10.0. The standard InChI is InChI=1S/C17H22FN3/c1-21(12-9-16-4-2-3-11-20-16)13-10-17(19)14-5-7-15(18)8-6-14/h2-8,11,17H,9-10,12-13,19H2,1H3. The Bertz CT molecular complexity index is 527. The van der Waals surface area contributed by atoms with Crippen LogP contribution < -0.4 is 5.73 Å². The number of hydrogen-bond acceptors (Lipinski definition) is 3. The molecule has 0 aliphatic rings. The number of hydrogen-bond donors (Lipinski definition) is 1.